The van der Waals surface area contributed by atoms with Crippen molar-refractivity contribution in [3.8, 4) is 0 Å². The van der Waals surface area contributed by atoms with Crippen molar-refractivity contribution in [3.05, 3.63) is 52.9 Å². The van der Waals surface area contributed by atoms with Crippen molar-refractivity contribution < 1.29 is 0 Å². The van der Waals surface area contributed by atoms with Crippen molar-refractivity contribution in [2.24, 2.45) is 0 Å². The molecule has 1 rings (SSSR count). The molecule has 0 aliphatic heterocycles. The maximum atomic E-state index is 5.25. The summed E-state index contributed by atoms with van der Waals surface area (Å²) in [6.45, 7) is 0. The zero-order chi connectivity index (χ0) is 7.94. The quantitative estimate of drug-likeness (QED) is 0.557. The van der Waals surface area contributed by atoms with Gasteiger partial charge in [0.1, 0.15) is 0 Å². The monoisotopic (exact) mass is 162 g/mol. The van der Waals surface area contributed by atoms with E-state index in [-0.39, 0.29) is 0 Å². The van der Waals surface area contributed by atoms with Gasteiger partial charge in [-0.2, -0.15) is 0 Å². The molecule has 0 heterocycles. The molecule has 0 fully saturated rings. The van der Waals surface area contributed by atoms with E-state index in [0.29, 0.717) is 0 Å². The average Bonchev–Trinajstić information content (AvgIpc) is 2.07. The van der Waals surface area contributed by atoms with Crippen LogP contribution >= 0.6 is 11.6 Å². The second-order valence-electron chi connectivity index (χ2n) is 1.95. The first-order chi connectivity index (χ1) is 5.43. The zero-order valence-corrected chi connectivity index (χ0v) is 6.68. The third-order valence-electron chi connectivity index (χ3n) is 1.18. The van der Waals surface area contributed by atoms with Gasteiger partial charge in [-0.05, 0) is 11.6 Å². The molecule has 0 unspecified atom stereocenters. The molecular weight excluding hydrogens is 156 g/mol. The molecule has 1 heteroatoms. The topological polar surface area (TPSA) is 0 Å². The molecular formula is C10H7Cl. The second-order valence-corrected chi connectivity index (χ2v) is 2.17. The fourth-order valence-corrected chi connectivity index (χ4v) is 0.769. The summed E-state index contributed by atoms with van der Waals surface area (Å²) in [6.07, 6.45) is 1.82. The fourth-order valence-electron chi connectivity index (χ4n) is 0.706. The summed E-state index contributed by atoms with van der Waals surface area (Å²) in [5, 5.41) is 0. The van der Waals surface area contributed by atoms with Crippen LogP contribution in [-0.4, -0.2) is 0 Å². The molecule has 1 aromatic carbocycles. The number of benzene rings is 1. The molecule has 1 aromatic rings. The van der Waals surface area contributed by atoms with Crippen LogP contribution in [0.5, 0.6) is 0 Å². The van der Waals surface area contributed by atoms with Crippen LogP contribution in [-0.2, 0) is 0 Å². The van der Waals surface area contributed by atoms with E-state index in [2.05, 4.69) is 11.5 Å². The Balaban J connectivity index is 2.89. The first-order valence-electron chi connectivity index (χ1n) is 3.24. The highest BCUT2D eigenvalue weighted by atomic mass is 35.5. The van der Waals surface area contributed by atoms with Gasteiger partial charge >= 0.3 is 0 Å². The van der Waals surface area contributed by atoms with Crippen molar-refractivity contribution in [1.82, 2.24) is 0 Å². The number of hydrogen-bond acceptors (Lipinski definition) is 0. The lowest BCUT2D eigenvalue weighted by molar-refractivity contribution is 1.66. The van der Waals surface area contributed by atoms with E-state index in [9.17, 15) is 0 Å². The van der Waals surface area contributed by atoms with Crippen molar-refractivity contribution >= 4 is 17.7 Å². The van der Waals surface area contributed by atoms with Gasteiger partial charge in [0.2, 0.25) is 0 Å². The van der Waals surface area contributed by atoms with E-state index in [1.807, 2.05) is 36.4 Å². The smallest absolute Gasteiger partial charge is 0.0546 e. The molecule has 0 amide bonds. The van der Waals surface area contributed by atoms with Crippen molar-refractivity contribution in [2.75, 3.05) is 0 Å². The van der Waals surface area contributed by atoms with Crippen LogP contribution in [0.2, 0.25) is 0 Å². The third kappa shape index (κ3) is 2.93. The Morgan fingerprint density at radius 1 is 1.09 bits per heavy atom. The minimum atomic E-state index is 1.10. The highest BCUT2D eigenvalue weighted by molar-refractivity contribution is 6.25. The Morgan fingerprint density at radius 3 is 2.45 bits per heavy atom. The minimum absolute atomic E-state index is 1.10. The van der Waals surface area contributed by atoms with E-state index in [1.54, 1.807) is 0 Å². The van der Waals surface area contributed by atoms with Crippen LogP contribution in [0.1, 0.15) is 5.56 Å². The van der Waals surface area contributed by atoms with Crippen molar-refractivity contribution in [2.45, 2.75) is 0 Å². The molecule has 0 saturated carbocycles. The summed E-state index contributed by atoms with van der Waals surface area (Å²) in [6, 6.07) is 9.89. The van der Waals surface area contributed by atoms with Crippen LogP contribution < -0.4 is 0 Å². The van der Waals surface area contributed by atoms with E-state index < -0.39 is 0 Å². The molecule has 0 bridgehead atoms. The van der Waals surface area contributed by atoms with Gasteiger partial charge in [-0.1, -0.05) is 53.4 Å². The lowest BCUT2D eigenvalue weighted by Gasteiger charge is -1.85. The van der Waals surface area contributed by atoms with Gasteiger partial charge in [-0.25, -0.2) is 0 Å². The zero-order valence-electron chi connectivity index (χ0n) is 5.92. The SMILES string of the molecule is ClC=C=C=Cc1ccccc1. The molecule has 0 atom stereocenters. The lowest BCUT2D eigenvalue weighted by Crippen LogP contribution is -1.64. The summed E-state index contributed by atoms with van der Waals surface area (Å²) in [5.74, 6) is 0. The summed E-state index contributed by atoms with van der Waals surface area (Å²) in [5.41, 5.74) is 7.82. The highest BCUT2D eigenvalue weighted by Gasteiger charge is 1.78. The molecule has 54 valence electrons. The fraction of sp³-hybridized carbons (Fsp3) is 0. The van der Waals surface area contributed by atoms with Crippen LogP contribution in [0, 0.1) is 0 Å². The van der Waals surface area contributed by atoms with Gasteiger partial charge in [0.15, 0.2) is 0 Å². The standard InChI is InChI=1S/C10H7Cl/c11-9-5-4-8-10-6-2-1-3-7-10/h1-3,6-9H. The molecule has 0 aliphatic carbocycles. The van der Waals surface area contributed by atoms with Crippen LogP contribution in [0.25, 0.3) is 6.08 Å². The molecule has 0 aliphatic rings. The van der Waals surface area contributed by atoms with Gasteiger partial charge in [0.05, 0.1) is 5.54 Å². The van der Waals surface area contributed by atoms with E-state index in [0.717, 1.165) is 5.56 Å². The minimum Gasteiger partial charge on any atom is -0.0831 e. The summed E-state index contributed by atoms with van der Waals surface area (Å²) in [4.78, 5) is 0. The predicted molar refractivity (Wildman–Crippen MR) is 48.4 cm³/mol. The summed E-state index contributed by atoms with van der Waals surface area (Å²) >= 11 is 5.25. The van der Waals surface area contributed by atoms with Gasteiger partial charge in [0.25, 0.3) is 0 Å². The largest absolute Gasteiger partial charge is 0.0831 e. The van der Waals surface area contributed by atoms with Gasteiger partial charge in [0, 0.05) is 0 Å². The number of rotatable bonds is 1. The molecule has 0 saturated heterocycles. The van der Waals surface area contributed by atoms with Crippen LogP contribution in [0.3, 0.4) is 0 Å². The molecule has 11 heavy (non-hydrogen) atoms. The van der Waals surface area contributed by atoms with Gasteiger partial charge in [-0.15, -0.1) is 0 Å². The Bertz CT molecular complexity index is 299. The Labute approximate surface area is 71.1 Å². The van der Waals surface area contributed by atoms with Gasteiger partial charge < -0.3 is 0 Å². The molecule has 0 N–H and O–H groups in total. The molecule has 0 spiro atoms. The predicted octanol–water partition coefficient (Wildman–Crippen LogP) is 3.21. The van der Waals surface area contributed by atoms with E-state index in [1.165, 1.54) is 5.54 Å². The average molecular weight is 163 g/mol. The lowest BCUT2D eigenvalue weighted by atomic mass is 10.2. The van der Waals surface area contributed by atoms with E-state index in [4.69, 9.17) is 11.6 Å². The summed E-state index contributed by atoms with van der Waals surface area (Å²) in [7, 11) is 0. The van der Waals surface area contributed by atoms with Gasteiger partial charge in [-0.3, -0.25) is 0 Å². The van der Waals surface area contributed by atoms with Crippen molar-refractivity contribution in [1.29, 1.82) is 0 Å². The number of halogens is 1. The maximum absolute atomic E-state index is 5.25. The molecule has 0 aromatic heterocycles. The Kier molecular flexibility index (Phi) is 3.31. The third-order valence-corrected chi connectivity index (χ3v) is 1.29. The van der Waals surface area contributed by atoms with E-state index >= 15 is 0 Å². The second kappa shape index (κ2) is 4.60. The first-order valence-corrected chi connectivity index (χ1v) is 3.68. The Hall–Kier alpha value is -1.19. The van der Waals surface area contributed by atoms with Crippen LogP contribution in [0.15, 0.2) is 47.3 Å². The first kappa shape index (κ1) is 7.91. The molecule has 0 radical (unpaired) electrons. The maximum Gasteiger partial charge on any atom is 0.0546 e. The number of hydrogen-bond donors (Lipinski definition) is 0. The molecule has 0 nitrogen and oxygen atoms in total. The van der Waals surface area contributed by atoms with Crippen molar-refractivity contribution in [3.63, 3.8) is 0 Å². The highest BCUT2D eigenvalue weighted by Crippen LogP contribution is 1.98. The Morgan fingerprint density at radius 2 is 1.82 bits per heavy atom. The van der Waals surface area contributed by atoms with Crippen LogP contribution in [0.4, 0.5) is 0 Å². The summed E-state index contributed by atoms with van der Waals surface area (Å²) < 4.78 is 0. The normalized spacial score (nSPS) is 7.73.